The van der Waals surface area contributed by atoms with Crippen LogP contribution in [0, 0.1) is 6.92 Å². The Hall–Kier alpha value is -4.50. The van der Waals surface area contributed by atoms with E-state index in [1.54, 1.807) is 25.8 Å². The second-order valence-corrected chi connectivity index (χ2v) is 9.66. The number of fused-ring (bicyclic) bond motifs is 2. The first-order valence-electron chi connectivity index (χ1n) is 11.9. The summed E-state index contributed by atoms with van der Waals surface area (Å²) >= 11 is 1.36. The maximum atomic E-state index is 6.32. The number of hydrogen-bond acceptors (Lipinski definition) is 8. The minimum Gasteiger partial charge on any atom is -0.497 e. The summed E-state index contributed by atoms with van der Waals surface area (Å²) in [6.45, 7) is 2.47. The molecule has 0 atom stereocenters. The van der Waals surface area contributed by atoms with E-state index >= 15 is 0 Å². The second-order valence-electron chi connectivity index (χ2n) is 8.74. The van der Waals surface area contributed by atoms with Gasteiger partial charge in [-0.25, -0.2) is 9.50 Å². The van der Waals surface area contributed by atoms with Gasteiger partial charge >= 0.3 is 0 Å². The number of ether oxygens (including phenoxy) is 4. The zero-order chi connectivity index (χ0) is 26.2. The Kier molecular flexibility index (Phi) is 6.13. The number of nitrogens with zero attached hydrogens (tertiary/aromatic N) is 3. The van der Waals surface area contributed by atoms with Crippen molar-refractivity contribution in [3.05, 3.63) is 78.0 Å². The fraction of sp³-hybridized carbons (Fsp3) is 0.172. The third-order valence-corrected chi connectivity index (χ3v) is 7.21. The van der Waals surface area contributed by atoms with Gasteiger partial charge in [-0.05, 0) is 64.8 Å². The van der Waals surface area contributed by atoms with Crippen molar-refractivity contribution in [2.45, 2.75) is 13.5 Å². The highest BCUT2D eigenvalue weighted by molar-refractivity contribution is 7.18. The molecular weight excluding hydrogens is 502 g/mol. The minimum absolute atomic E-state index is 0.385. The summed E-state index contributed by atoms with van der Waals surface area (Å²) in [6.07, 6.45) is 1.82. The lowest BCUT2D eigenvalue weighted by Crippen LogP contribution is -1.97. The summed E-state index contributed by atoms with van der Waals surface area (Å²) in [4.78, 5) is 5.36. The van der Waals surface area contributed by atoms with Crippen LogP contribution in [0.2, 0.25) is 0 Å². The van der Waals surface area contributed by atoms with E-state index in [2.05, 4.69) is 41.3 Å². The van der Waals surface area contributed by atoms with Crippen LogP contribution >= 0.6 is 11.3 Å². The van der Waals surface area contributed by atoms with Crippen LogP contribution in [0.15, 0.2) is 71.3 Å². The molecule has 3 heterocycles. The van der Waals surface area contributed by atoms with Crippen molar-refractivity contribution in [3.63, 3.8) is 0 Å². The number of hydrogen-bond donors (Lipinski definition) is 0. The van der Waals surface area contributed by atoms with Crippen LogP contribution in [-0.4, -0.2) is 35.9 Å². The molecule has 0 saturated carbocycles. The Bertz CT molecular complexity index is 1740. The molecule has 3 aromatic carbocycles. The molecule has 6 rings (SSSR count). The molecule has 0 unspecified atom stereocenters. The SMILES string of the molecule is COc1ccc(-c2cccc(COc3cc(OC)cc4oc(-c5cn6nc(OC)sc6n5)cc34)c2)c(C)c1. The van der Waals surface area contributed by atoms with E-state index in [4.69, 9.17) is 23.4 Å². The van der Waals surface area contributed by atoms with Crippen LogP contribution in [-0.2, 0) is 6.61 Å². The third-order valence-electron chi connectivity index (χ3n) is 6.33. The molecular formula is C29H25N3O5S. The maximum Gasteiger partial charge on any atom is 0.294 e. The molecule has 38 heavy (non-hydrogen) atoms. The molecule has 8 nitrogen and oxygen atoms in total. The van der Waals surface area contributed by atoms with Crippen LogP contribution in [0.1, 0.15) is 11.1 Å². The molecule has 192 valence electrons. The Labute approximate surface area is 223 Å². The molecule has 0 N–H and O–H groups in total. The van der Waals surface area contributed by atoms with Gasteiger partial charge in [-0.3, -0.25) is 0 Å². The Morgan fingerprint density at radius 3 is 2.55 bits per heavy atom. The maximum absolute atomic E-state index is 6.32. The van der Waals surface area contributed by atoms with Gasteiger partial charge in [-0.2, -0.15) is 0 Å². The number of aryl methyl sites for hydroxylation is 1. The van der Waals surface area contributed by atoms with Gasteiger partial charge in [-0.1, -0.05) is 24.3 Å². The first kappa shape index (κ1) is 23.9. The van der Waals surface area contributed by atoms with Crippen LogP contribution in [0.4, 0.5) is 0 Å². The number of benzene rings is 3. The second kappa shape index (κ2) is 9.75. The zero-order valence-electron chi connectivity index (χ0n) is 21.3. The van der Waals surface area contributed by atoms with E-state index in [0.717, 1.165) is 38.4 Å². The summed E-state index contributed by atoms with van der Waals surface area (Å²) in [6, 6.07) is 20.1. The fourth-order valence-electron chi connectivity index (χ4n) is 4.41. The van der Waals surface area contributed by atoms with E-state index in [-0.39, 0.29) is 0 Å². The molecule has 0 spiro atoms. The molecule has 0 aliphatic rings. The van der Waals surface area contributed by atoms with Crippen molar-refractivity contribution in [1.82, 2.24) is 14.6 Å². The lowest BCUT2D eigenvalue weighted by molar-refractivity contribution is 0.307. The summed E-state index contributed by atoms with van der Waals surface area (Å²) in [5, 5.41) is 5.73. The van der Waals surface area contributed by atoms with E-state index in [1.165, 1.54) is 11.3 Å². The van der Waals surface area contributed by atoms with Gasteiger partial charge in [-0.15, -0.1) is 5.10 Å². The summed E-state index contributed by atoms with van der Waals surface area (Å²) in [5.41, 5.74) is 5.80. The average molecular weight is 528 g/mol. The summed E-state index contributed by atoms with van der Waals surface area (Å²) in [7, 11) is 4.89. The lowest BCUT2D eigenvalue weighted by Gasteiger charge is -2.12. The zero-order valence-corrected chi connectivity index (χ0v) is 22.2. The fourth-order valence-corrected chi connectivity index (χ4v) is 5.11. The van der Waals surface area contributed by atoms with Crippen LogP contribution in [0.5, 0.6) is 22.4 Å². The number of aromatic nitrogens is 3. The quantitative estimate of drug-likeness (QED) is 0.216. The topological polar surface area (TPSA) is 80.2 Å². The molecule has 0 amide bonds. The molecule has 0 bridgehead atoms. The predicted molar refractivity (Wildman–Crippen MR) is 147 cm³/mol. The number of furan rings is 1. The van der Waals surface area contributed by atoms with Gasteiger partial charge in [0.05, 0.1) is 32.9 Å². The molecule has 0 fully saturated rings. The van der Waals surface area contributed by atoms with Gasteiger partial charge in [0, 0.05) is 12.1 Å². The number of imidazole rings is 1. The van der Waals surface area contributed by atoms with Crippen molar-refractivity contribution in [2.75, 3.05) is 21.3 Å². The van der Waals surface area contributed by atoms with E-state index in [9.17, 15) is 0 Å². The van der Waals surface area contributed by atoms with Gasteiger partial charge in [0.1, 0.15) is 35.1 Å². The molecule has 6 aromatic rings. The first-order valence-corrected chi connectivity index (χ1v) is 12.7. The predicted octanol–water partition coefficient (Wildman–Crippen LogP) is 6.78. The van der Waals surface area contributed by atoms with Gasteiger partial charge in [0.2, 0.25) is 4.96 Å². The molecule has 0 aliphatic heterocycles. The van der Waals surface area contributed by atoms with Gasteiger partial charge in [0.25, 0.3) is 5.19 Å². The highest BCUT2D eigenvalue weighted by Crippen LogP contribution is 2.38. The summed E-state index contributed by atoms with van der Waals surface area (Å²) in [5.74, 6) is 2.78. The highest BCUT2D eigenvalue weighted by atomic mass is 32.1. The minimum atomic E-state index is 0.385. The largest absolute Gasteiger partial charge is 0.497 e. The highest BCUT2D eigenvalue weighted by Gasteiger charge is 2.17. The monoisotopic (exact) mass is 527 g/mol. The van der Waals surface area contributed by atoms with E-state index < -0.39 is 0 Å². The number of rotatable bonds is 8. The molecule has 0 radical (unpaired) electrons. The summed E-state index contributed by atoms with van der Waals surface area (Å²) < 4.78 is 30.2. The van der Waals surface area contributed by atoms with Crippen molar-refractivity contribution >= 4 is 27.3 Å². The normalized spacial score (nSPS) is 11.3. The molecule has 3 aromatic heterocycles. The van der Waals surface area contributed by atoms with Crippen molar-refractivity contribution in [3.8, 4) is 45.0 Å². The number of methoxy groups -OCH3 is 3. The first-order chi connectivity index (χ1) is 18.5. The van der Waals surface area contributed by atoms with E-state index in [1.807, 2.05) is 42.6 Å². The van der Waals surface area contributed by atoms with Gasteiger partial charge < -0.3 is 23.4 Å². The van der Waals surface area contributed by atoms with Crippen LogP contribution in [0.25, 0.3) is 38.5 Å². The van der Waals surface area contributed by atoms with Crippen LogP contribution in [0.3, 0.4) is 0 Å². The molecule has 9 heteroatoms. The lowest BCUT2D eigenvalue weighted by atomic mass is 9.99. The standard InChI is InChI=1S/C29H25N3O5S/c1-17-10-20(33-2)8-9-22(17)19-7-5-6-18(11-19)16-36-25-12-21(34-3)13-26-23(25)14-27(37-26)24-15-32-28(30-24)38-29(31-32)35-4/h5-15H,16H2,1-4H3. The Morgan fingerprint density at radius 1 is 0.921 bits per heavy atom. The Balaban J connectivity index is 1.29. The third kappa shape index (κ3) is 4.41. The average Bonchev–Trinajstić information content (AvgIpc) is 3.64. The van der Waals surface area contributed by atoms with Crippen LogP contribution < -0.4 is 18.9 Å². The molecule has 0 saturated heterocycles. The van der Waals surface area contributed by atoms with Gasteiger partial charge in [0.15, 0.2) is 5.76 Å². The van der Waals surface area contributed by atoms with E-state index in [0.29, 0.717) is 40.3 Å². The van der Waals surface area contributed by atoms with Crippen molar-refractivity contribution < 1.29 is 23.4 Å². The Morgan fingerprint density at radius 2 is 1.79 bits per heavy atom. The van der Waals surface area contributed by atoms with Crippen molar-refractivity contribution in [2.24, 2.45) is 0 Å². The molecule has 0 aliphatic carbocycles. The van der Waals surface area contributed by atoms with Crippen molar-refractivity contribution in [1.29, 1.82) is 0 Å². The smallest absolute Gasteiger partial charge is 0.294 e.